The third kappa shape index (κ3) is 5.91. The Morgan fingerprint density at radius 3 is 1.71 bits per heavy atom. The third-order valence-corrected chi connectivity index (χ3v) is 1.17. The van der Waals surface area contributed by atoms with Crippen molar-refractivity contribution < 1.29 is 34.7 Å². The van der Waals surface area contributed by atoms with Crippen molar-refractivity contribution in [3.63, 3.8) is 0 Å². The average molecular weight is 207 g/mol. The number of carbonyl (C=O) groups is 3. The van der Waals surface area contributed by atoms with Crippen LogP contribution in [0.15, 0.2) is 0 Å². The highest BCUT2D eigenvalue weighted by Gasteiger charge is 2.17. The molecule has 0 aliphatic carbocycles. The number of hydrogen-bond donors (Lipinski definition) is 3. The van der Waals surface area contributed by atoms with Crippen LogP contribution >= 0.6 is 0 Å². The fourth-order valence-corrected chi connectivity index (χ4v) is 0.762. The molecular weight excluding hydrogens is 198 g/mol. The maximum Gasteiger partial charge on any atom is 0.355 e. The predicted octanol–water partition coefficient (Wildman–Crippen LogP) is -1.53. The molecule has 0 saturated carbocycles. The molecule has 0 fully saturated rings. The second-order valence-electron chi connectivity index (χ2n) is 2.40. The van der Waals surface area contributed by atoms with Crippen molar-refractivity contribution >= 4 is 17.9 Å². The molecule has 3 N–H and O–H groups in total. The zero-order valence-electron chi connectivity index (χ0n) is 7.04. The van der Waals surface area contributed by atoms with E-state index < -0.39 is 37.5 Å². The first-order valence-corrected chi connectivity index (χ1v) is 3.46. The molecule has 0 aliphatic heterocycles. The Labute approximate surface area is 78.2 Å². The van der Waals surface area contributed by atoms with E-state index in [0.29, 0.717) is 0 Å². The lowest BCUT2D eigenvalue weighted by Gasteiger charge is -2.14. The fourth-order valence-electron chi connectivity index (χ4n) is 0.762. The van der Waals surface area contributed by atoms with Crippen molar-refractivity contribution in [2.75, 3.05) is 19.6 Å². The molecule has 80 valence electrons. The molecule has 0 radical (unpaired) electrons. The minimum absolute atomic E-state index is 0.602. The molecule has 0 aromatic heterocycles. The van der Waals surface area contributed by atoms with Gasteiger partial charge in [0.05, 0.1) is 13.1 Å². The predicted molar refractivity (Wildman–Crippen MR) is 40.4 cm³/mol. The van der Waals surface area contributed by atoms with E-state index in [1.165, 1.54) is 0 Å². The Hall–Kier alpha value is -1.67. The Bertz CT molecular complexity index is 222. The number of carboxylic acid groups (broad SMARTS) is 2. The highest BCUT2D eigenvalue weighted by atomic mass is 17.1. The minimum atomic E-state index is -1.28. The summed E-state index contributed by atoms with van der Waals surface area (Å²) >= 11 is 0. The first kappa shape index (κ1) is 12.3. The van der Waals surface area contributed by atoms with Gasteiger partial charge in [-0.05, 0) is 0 Å². The molecule has 0 rings (SSSR count). The summed E-state index contributed by atoms with van der Waals surface area (Å²) in [4.78, 5) is 35.0. The van der Waals surface area contributed by atoms with Crippen molar-refractivity contribution in [2.45, 2.75) is 0 Å². The van der Waals surface area contributed by atoms with Gasteiger partial charge in [0.15, 0.2) is 0 Å². The van der Waals surface area contributed by atoms with Gasteiger partial charge in [0.1, 0.15) is 6.54 Å². The molecule has 14 heavy (non-hydrogen) atoms. The van der Waals surface area contributed by atoms with E-state index in [1.54, 1.807) is 0 Å². The van der Waals surface area contributed by atoms with Crippen LogP contribution in [0.2, 0.25) is 0 Å². The van der Waals surface area contributed by atoms with E-state index in [4.69, 9.17) is 15.5 Å². The van der Waals surface area contributed by atoms with Gasteiger partial charge in [0.2, 0.25) is 0 Å². The van der Waals surface area contributed by atoms with Crippen LogP contribution in [-0.4, -0.2) is 57.9 Å². The van der Waals surface area contributed by atoms with Crippen LogP contribution in [0.1, 0.15) is 0 Å². The summed E-state index contributed by atoms with van der Waals surface area (Å²) in [7, 11) is 0. The average Bonchev–Trinajstić information content (AvgIpc) is 2.01. The Kier molecular flexibility index (Phi) is 5.19. The quantitative estimate of drug-likeness (QED) is 0.354. The van der Waals surface area contributed by atoms with E-state index in [1.807, 2.05) is 0 Å². The summed E-state index contributed by atoms with van der Waals surface area (Å²) in [5.41, 5.74) is 0. The minimum Gasteiger partial charge on any atom is -0.480 e. The van der Waals surface area contributed by atoms with Gasteiger partial charge in [-0.15, -0.1) is 0 Å². The van der Waals surface area contributed by atoms with E-state index >= 15 is 0 Å². The Morgan fingerprint density at radius 1 is 1.00 bits per heavy atom. The Balaban J connectivity index is 4.16. The van der Waals surface area contributed by atoms with Crippen LogP contribution in [0.4, 0.5) is 0 Å². The smallest absolute Gasteiger partial charge is 0.355 e. The van der Waals surface area contributed by atoms with Crippen molar-refractivity contribution in [1.29, 1.82) is 0 Å². The fraction of sp³-hybridized carbons (Fsp3) is 0.500. The maximum atomic E-state index is 10.5. The summed E-state index contributed by atoms with van der Waals surface area (Å²) < 4.78 is 0. The molecule has 0 aliphatic rings. The van der Waals surface area contributed by atoms with Crippen LogP contribution in [-0.2, 0) is 19.3 Å². The number of carbonyl (C=O) groups excluding carboxylic acids is 1. The largest absolute Gasteiger partial charge is 0.480 e. The van der Waals surface area contributed by atoms with Crippen molar-refractivity contribution in [3.8, 4) is 0 Å². The van der Waals surface area contributed by atoms with Gasteiger partial charge in [0, 0.05) is 0 Å². The lowest BCUT2D eigenvalue weighted by atomic mass is 10.4. The highest BCUT2D eigenvalue weighted by Crippen LogP contribution is 1.89. The molecule has 0 bridgehead atoms. The van der Waals surface area contributed by atoms with Crippen LogP contribution < -0.4 is 0 Å². The number of carboxylic acids is 2. The third-order valence-electron chi connectivity index (χ3n) is 1.17. The lowest BCUT2D eigenvalue weighted by Crippen LogP contribution is -2.38. The summed E-state index contributed by atoms with van der Waals surface area (Å²) in [6.07, 6.45) is 0. The van der Waals surface area contributed by atoms with Crippen LogP contribution in [0.25, 0.3) is 0 Å². The second kappa shape index (κ2) is 5.89. The standard InChI is InChI=1S/C6H9NO7/c8-4(9)1-7(2-5(10)11)3-6(12)14-13/h13H,1-3H2,(H,8,9)(H,10,11). The first-order valence-electron chi connectivity index (χ1n) is 3.46. The summed E-state index contributed by atoms with van der Waals surface area (Å²) in [5, 5.41) is 24.5. The van der Waals surface area contributed by atoms with E-state index in [-0.39, 0.29) is 0 Å². The SMILES string of the molecule is O=C(O)CN(CC(=O)O)CC(=O)OO. The molecular formula is C6H9NO7. The number of rotatable bonds is 6. The first-order chi connectivity index (χ1) is 6.45. The highest BCUT2D eigenvalue weighted by molar-refractivity contribution is 5.76. The monoisotopic (exact) mass is 207 g/mol. The number of nitrogens with zero attached hydrogens (tertiary/aromatic N) is 1. The van der Waals surface area contributed by atoms with Gasteiger partial charge in [-0.2, -0.15) is 5.26 Å². The summed E-state index contributed by atoms with van der Waals surface area (Å²) in [6, 6.07) is 0. The van der Waals surface area contributed by atoms with Crippen LogP contribution in [0.3, 0.4) is 0 Å². The van der Waals surface area contributed by atoms with Gasteiger partial charge in [-0.3, -0.25) is 19.4 Å². The van der Waals surface area contributed by atoms with Gasteiger partial charge in [0.25, 0.3) is 0 Å². The lowest BCUT2D eigenvalue weighted by molar-refractivity contribution is -0.235. The van der Waals surface area contributed by atoms with Gasteiger partial charge in [-0.1, -0.05) is 0 Å². The second-order valence-corrected chi connectivity index (χ2v) is 2.40. The van der Waals surface area contributed by atoms with Gasteiger partial charge in [-0.25, -0.2) is 4.79 Å². The molecule has 0 unspecified atom stereocenters. The molecule has 0 amide bonds. The normalized spacial score (nSPS) is 9.86. The zero-order chi connectivity index (χ0) is 11.1. The molecule has 8 heteroatoms. The molecule has 0 spiro atoms. The summed E-state index contributed by atoms with van der Waals surface area (Å²) in [5.74, 6) is -3.68. The molecule has 0 atom stereocenters. The summed E-state index contributed by atoms with van der Waals surface area (Å²) in [6.45, 7) is -1.85. The zero-order valence-corrected chi connectivity index (χ0v) is 7.04. The molecule has 0 aromatic rings. The van der Waals surface area contributed by atoms with E-state index in [2.05, 4.69) is 4.89 Å². The molecule has 0 saturated heterocycles. The van der Waals surface area contributed by atoms with Crippen LogP contribution in [0.5, 0.6) is 0 Å². The van der Waals surface area contributed by atoms with E-state index in [0.717, 1.165) is 4.90 Å². The Morgan fingerprint density at radius 2 is 1.43 bits per heavy atom. The van der Waals surface area contributed by atoms with Crippen molar-refractivity contribution in [1.82, 2.24) is 4.90 Å². The molecule has 0 heterocycles. The number of aliphatic carboxylic acids is 2. The van der Waals surface area contributed by atoms with Gasteiger partial charge >= 0.3 is 17.9 Å². The van der Waals surface area contributed by atoms with Crippen LogP contribution in [0, 0.1) is 0 Å². The van der Waals surface area contributed by atoms with Gasteiger partial charge < -0.3 is 10.2 Å². The van der Waals surface area contributed by atoms with E-state index in [9.17, 15) is 14.4 Å². The molecule has 8 nitrogen and oxygen atoms in total. The van der Waals surface area contributed by atoms with Crippen molar-refractivity contribution in [3.05, 3.63) is 0 Å². The molecule has 0 aromatic carbocycles. The van der Waals surface area contributed by atoms with Crippen molar-refractivity contribution in [2.24, 2.45) is 0 Å². The number of hydrogen-bond acceptors (Lipinski definition) is 6. The maximum absolute atomic E-state index is 10.5. The topological polar surface area (TPSA) is 124 Å².